The van der Waals surface area contributed by atoms with Crippen LogP contribution in [0.3, 0.4) is 0 Å². The second-order valence-electron chi connectivity index (χ2n) is 9.18. The average molecular weight is 490 g/mol. The first-order valence-electron chi connectivity index (χ1n) is 12.4. The molecule has 0 saturated heterocycles. The van der Waals surface area contributed by atoms with Gasteiger partial charge in [-0.05, 0) is 57.3 Å². The number of aromatic nitrogens is 1. The van der Waals surface area contributed by atoms with E-state index in [1.54, 1.807) is 14.2 Å². The molecule has 1 heterocycles. The molecule has 0 amide bonds. The van der Waals surface area contributed by atoms with Crippen molar-refractivity contribution in [2.24, 2.45) is 5.16 Å². The van der Waals surface area contributed by atoms with E-state index in [1.165, 1.54) is 0 Å². The zero-order valence-corrected chi connectivity index (χ0v) is 21.8. The molecule has 1 aromatic heterocycles. The number of oxime groups is 1. The highest BCUT2D eigenvalue weighted by atomic mass is 16.6. The number of ether oxygens (including phenoxy) is 3. The van der Waals surface area contributed by atoms with Crippen molar-refractivity contribution in [3.05, 3.63) is 41.5 Å². The number of methoxy groups -OCH3 is 2. The molecule has 0 unspecified atom stereocenters. The Bertz CT molecular complexity index is 1290. The van der Waals surface area contributed by atoms with Gasteiger partial charge in [0.05, 0.1) is 19.9 Å². The van der Waals surface area contributed by atoms with Crippen molar-refractivity contribution >= 4 is 16.6 Å². The fourth-order valence-electron chi connectivity index (χ4n) is 4.43. The molecule has 0 fully saturated rings. The molecular formula is C29H35N3O4. The van der Waals surface area contributed by atoms with Gasteiger partial charge in [0.2, 0.25) is 0 Å². The molecule has 36 heavy (non-hydrogen) atoms. The van der Waals surface area contributed by atoms with Gasteiger partial charge in [-0.3, -0.25) is 0 Å². The third-order valence-corrected chi connectivity index (χ3v) is 6.39. The summed E-state index contributed by atoms with van der Waals surface area (Å²) in [6.07, 6.45) is 9.39. The van der Waals surface area contributed by atoms with Crippen LogP contribution in [0.5, 0.6) is 17.2 Å². The molecule has 0 bridgehead atoms. The fraction of sp³-hybridized carbons (Fsp3) is 0.414. The van der Waals surface area contributed by atoms with Gasteiger partial charge < -0.3 is 28.9 Å². The monoisotopic (exact) mass is 489 g/mol. The highest BCUT2D eigenvalue weighted by Crippen LogP contribution is 2.46. The van der Waals surface area contributed by atoms with Gasteiger partial charge in [-0.2, -0.15) is 0 Å². The second kappa shape index (κ2) is 11.4. The van der Waals surface area contributed by atoms with Gasteiger partial charge in [0.25, 0.3) is 0 Å². The molecule has 7 nitrogen and oxygen atoms in total. The van der Waals surface area contributed by atoms with Crippen LogP contribution < -0.4 is 14.2 Å². The normalized spacial score (nSPS) is 14.0. The van der Waals surface area contributed by atoms with Gasteiger partial charge in [-0.25, -0.2) is 0 Å². The van der Waals surface area contributed by atoms with Gasteiger partial charge in [-0.15, -0.1) is 6.42 Å². The van der Waals surface area contributed by atoms with Gasteiger partial charge in [-0.1, -0.05) is 30.8 Å². The maximum Gasteiger partial charge on any atom is 0.187 e. The minimum atomic E-state index is -0.383. The summed E-state index contributed by atoms with van der Waals surface area (Å²) in [5, 5.41) is 5.64. The van der Waals surface area contributed by atoms with E-state index in [-0.39, 0.29) is 6.10 Å². The molecular weight excluding hydrogens is 454 g/mol. The lowest BCUT2D eigenvalue weighted by Gasteiger charge is -2.13. The Kier molecular flexibility index (Phi) is 8.07. The molecule has 1 N–H and O–H groups in total. The van der Waals surface area contributed by atoms with E-state index in [0.717, 1.165) is 71.3 Å². The zero-order chi connectivity index (χ0) is 25.7. The van der Waals surface area contributed by atoms with E-state index >= 15 is 0 Å². The quantitative estimate of drug-likeness (QED) is 0.163. The van der Waals surface area contributed by atoms with E-state index < -0.39 is 0 Å². The van der Waals surface area contributed by atoms with E-state index in [2.05, 4.69) is 34.0 Å². The highest BCUT2D eigenvalue weighted by Gasteiger charge is 2.32. The Morgan fingerprint density at radius 1 is 1.06 bits per heavy atom. The molecule has 3 aromatic rings. The molecule has 0 saturated carbocycles. The van der Waals surface area contributed by atoms with Crippen LogP contribution in [0.25, 0.3) is 22.2 Å². The predicted octanol–water partition coefficient (Wildman–Crippen LogP) is 5.46. The van der Waals surface area contributed by atoms with Gasteiger partial charge in [0.1, 0.15) is 18.1 Å². The van der Waals surface area contributed by atoms with E-state index in [1.807, 2.05) is 38.4 Å². The van der Waals surface area contributed by atoms with Crippen molar-refractivity contribution in [2.45, 2.75) is 38.7 Å². The summed E-state index contributed by atoms with van der Waals surface area (Å²) in [5.74, 6) is 4.82. The summed E-state index contributed by atoms with van der Waals surface area (Å²) in [5.41, 5.74) is 5.49. The third kappa shape index (κ3) is 5.14. The Hall–Kier alpha value is -3.63. The minimum Gasteiger partial charge on any atom is -0.493 e. The second-order valence-corrected chi connectivity index (χ2v) is 9.18. The van der Waals surface area contributed by atoms with Gasteiger partial charge in [0, 0.05) is 34.1 Å². The molecule has 0 radical (unpaired) electrons. The van der Waals surface area contributed by atoms with Crippen molar-refractivity contribution in [3.8, 4) is 40.8 Å². The number of terminal acetylenes is 1. The van der Waals surface area contributed by atoms with Crippen molar-refractivity contribution in [1.29, 1.82) is 0 Å². The number of rotatable bonds is 12. The van der Waals surface area contributed by atoms with Crippen LogP contribution in [0.1, 0.15) is 43.7 Å². The van der Waals surface area contributed by atoms with Crippen molar-refractivity contribution < 1.29 is 19.0 Å². The Morgan fingerprint density at radius 2 is 1.81 bits per heavy atom. The summed E-state index contributed by atoms with van der Waals surface area (Å²) in [6.45, 7) is 3.60. The molecule has 4 rings (SSSR count). The number of aromatic amines is 1. The summed E-state index contributed by atoms with van der Waals surface area (Å²) < 4.78 is 17.2. The lowest BCUT2D eigenvalue weighted by Crippen LogP contribution is -2.19. The summed E-state index contributed by atoms with van der Waals surface area (Å²) in [7, 11) is 7.31. The minimum absolute atomic E-state index is 0.383. The van der Waals surface area contributed by atoms with Crippen LogP contribution in [-0.2, 0) is 4.84 Å². The van der Waals surface area contributed by atoms with E-state index in [0.29, 0.717) is 23.8 Å². The molecule has 1 atom stereocenters. The SMILES string of the molecule is C#C[C@@H](CCCCC)ON=C1c2cc(OC)c(OC)cc2-c2[nH]c3ccc(OCCN(C)C)cc3c21. The number of nitrogens with zero attached hydrogens (tertiary/aromatic N) is 2. The van der Waals surface area contributed by atoms with Crippen LogP contribution in [-0.4, -0.2) is 63.2 Å². The number of likely N-dealkylation sites (N-methyl/N-ethyl adjacent to an activating group) is 1. The Balaban J connectivity index is 1.78. The summed E-state index contributed by atoms with van der Waals surface area (Å²) in [4.78, 5) is 11.6. The number of hydrogen-bond donors (Lipinski definition) is 1. The van der Waals surface area contributed by atoms with Crippen molar-refractivity contribution in [2.75, 3.05) is 41.5 Å². The highest BCUT2D eigenvalue weighted by molar-refractivity contribution is 6.30. The lowest BCUT2D eigenvalue weighted by molar-refractivity contribution is 0.0916. The van der Waals surface area contributed by atoms with Crippen molar-refractivity contribution in [1.82, 2.24) is 9.88 Å². The maximum atomic E-state index is 6.02. The molecule has 1 aliphatic rings. The first-order valence-corrected chi connectivity index (χ1v) is 12.4. The standard InChI is InChI=1S/C29H35N3O4/c1-7-9-10-11-19(8-2)36-31-29-22-18-26(34-6)25(33-5)17-21(22)28-27(29)23-16-20(12-13-24(23)30-28)35-15-14-32(3)4/h2,12-13,16-19,30H,7,9-11,14-15H2,1,3-6H3/t19-/m0/s1. The number of unbranched alkanes of at least 4 members (excludes halogenated alkanes) is 2. The molecule has 2 aromatic carbocycles. The average Bonchev–Trinajstić information content (AvgIpc) is 3.39. The molecule has 190 valence electrons. The smallest absolute Gasteiger partial charge is 0.187 e. The zero-order valence-electron chi connectivity index (χ0n) is 21.8. The van der Waals surface area contributed by atoms with E-state index in [4.69, 9.17) is 25.5 Å². The summed E-state index contributed by atoms with van der Waals surface area (Å²) in [6, 6.07) is 9.98. The van der Waals surface area contributed by atoms with Crippen LogP contribution in [0, 0.1) is 12.3 Å². The number of fused-ring (bicyclic) bond motifs is 5. The van der Waals surface area contributed by atoms with Gasteiger partial charge in [0.15, 0.2) is 17.6 Å². The summed E-state index contributed by atoms with van der Waals surface area (Å²) >= 11 is 0. The number of hydrogen-bond acceptors (Lipinski definition) is 6. The van der Waals surface area contributed by atoms with Gasteiger partial charge >= 0.3 is 0 Å². The topological polar surface area (TPSA) is 68.3 Å². The molecule has 0 spiro atoms. The van der Waals surface area contributed by atoms with Crippen LogP contribution in [0.2, 0.25) is 0 Å². The molecule has 7 heteroatoms. The maximum absolute atomic E-state index is 6.02. The Morgan fingerprint density at radius 3 is 2.47 bits per heavy atom. The fourth-order valence-corrected chi connectivity index (χ4v) is 4.43. The number of H-pyrrole nitrogens is 1. The first kappa shape index (κ1) is 25.5. The third-order valence-electron chi connectivity index (χ3n) is 6.39. The van der Waals surface area contributed by atoms with Crippen LogP contribution >= 0.6 is 0 Å². The first-order chi connectivity index (χ1) is 17.5. The predicted molar refractivity (Wildman–Crippen MR) is 144 cm³/mol. The number of nitrogens with one attached hydrogen (secondary N) is 1. The largest absolute Gasteiger partial charge is 0.493 e. The number of benzene rings is 2. The van der Waals surface area contributed by atoms with Crippen LogP contribution in [0.4, 0.5) is 0 Å². The van der Waals surface area contributed by atoms with E-state index in [9.17, 15) is 0 Å². The van der Waals surface area contributed by atoms with Crippen LogP contribution in [0.15, 0.2) is 35.5 Å². The van der Waals surface area contributed by atoms with Crippen molar-refractivity contribution in [3.63, 3.8) is 0 Å². The Labute approximate surface area is 213 Å². The lowest BCUT2D eigenvalue weighted by atomic mass is 10.1. The molecule has 0 aliphatic heterocycles. The molecule has 1 aliphatic carbocycles.